The van der Waals surface area contributed by atoms with Crippen molar-refractivity contribution < 1.29 is 23.9 Å². The van der Waals surface area contributed by atoms with Crippen molar-refractivity contribution in [3.8, 4) is 0 Å². The average molecular weight is 379 g/mol. The number of hydrogen-bond acceptors (Lipinski definition) is 6. The molecule has 6 nitrogen and oxygen atoms in total. The Balaban J connectivity index is 1.90. The van der Waals surface area contributed by atoms with Gasteiger partial charge in [0.05, 0.1) is 6.61 Å². The van der Waals surface area contributed by atoms with Crippen LogP contribution in [0.15, 0.2) is 65.7 Å². The summed E-state index contributed by atoms with van der Waals surface area (Å²) < 4.78 is 10.4. The maximum Gasteiger partial charge on any atom is 0.341 e. The number of esters is 2. The van der Waals surface area contributed by atoms with Crippen LogP contribution in [0.3, 0.4) is 0 Å². The summed E-state index contributed by atoms with van der Waals surface area (Å²) >= 11 is 0. The molecule has 144 valence electrons. The molecule has 6 heteroatoms. The number of hydrogen-bond donors (Lipinski definition) is 0. The van der Waals surface area contributed by atoms with E-state index in [1.807, 2.05) is 12.1 Å². The minimum Gasteiger partial charge on any atom is -0.466 e. The zero-order valence-electron chi connectivity index (χ0n) is 15.6. The lowest BCUT2D eigenvalue weighted by molar-refractivity contribution is -0.144. The summed E-state index contributed by atoms with van der Waals surface area (Å²) in [5.74, 6) is -1.14. The van der Waals surface area contributed by atoms with E-state index in [1.54, 1.807) is 55.5 Å². The summed E-state index contributed by atoms with van der Waals surface area (Å²) in [7, 11) is 0. The molecule has 0 amide bonds. The number of benzene rings is 2. The summed E-state index contributed by atoms with van der Waals surface area (Å²) in [6, 6.07) is 17.7. The Kier molecular flexibility index (Phi) is 5.99. The molecule has 0 spiro atoms. The van der Waals surface area contributed by atoms with Gasteiger partial charge in [0, 0.05) is 24.0 Å². The van der Waals surface area contributed by atoms with E-state index >= 15 is 0 Å². The first-order valence-electron chi connectivity index (χ1n) is 9.15. The molecule has 0 aromatic heterocycles. The topological polar surface area (TPSA) is 82.0 Å². The van der Waals surface area contributed by atoms with Crippen LogP contribution in [0, 0.1) is 0 Å². The van der Waals surface area contributed by atoms with Crippen LogP contribution >= 0.6 is 0 Å². The first kappa shape index (κ1) is 19.5. The first-order chi connectivity index (χ1) is 13.5. The second-order valence-corrected chi connectivity index (χ2v) is 6.48. The van der Waals surface area contributed by atoms with Crippen LogP contribution < -0.4 is 0 Å². The van der Waals surface area contributed by atoms with Gasteiger partial charge in [0.15, 0.2) is 11.3 Å². The lowest BCUT2D eigenvalue weighted by Gasteiger charge is -2.20. The molecule has 2 aromatic rings. The largest absolute Gasteiger partial charge is 0.466 e. The number of aliphatic imine (C=N–C) groups is 1. The number of ketones is 1. The quantitative estimate of drug-likeness (QED) is 0.519. The fraction of sp³-hybridized carbons (Fsp3) is 0.273. The van der Waals surface area contributed by atoms with Crippen molar-refractivity contribution in [2.45, 2.75) is 31.7 Å². The molecule has 0 radical (unpaired) electrons. The fourth-order valence-electron chi connectivity index (χ4n) is 3.04. The van der Waals surface area contributed by atoms with Gasteiger partial charge in [-0.3, -0.25) is 9.59 Å². The molecular formula is C22H21NO5. The summed E-state index contributed by atoms with van der Waals surface area (Å²) in [6.45, 7) is 1.96. The number of ether oxygens (including phenoxy) is 2. The SMILES string of the molecule is CCOC(=O)CCC1(CC(=O)c2ccccc2)N=C(c2ccccc2)OC1=O. The lowest BCUT2D eigenvalue weighted by atomic mass is 9.87. The van der Waals surface area contributed by atoms with E-state index in [2.05, 4.69) is 4.99 Å². The third-order valence-electron chi connectivity index (χ3n) is 4.50. The monoisotopic (exact) mass is 379 g/mol. The Morgan fingerprint density at radius 2 is 1.68 bits per heavy atom. The highest BCUT2D eigenvalue weighted by atomic mass is 16.6. The summed E-state index contributed by atoms with van der Waals surface area (Å²) in [5.41, 5.74) is -0.319. The predicted molar refractivity (Wildman–Crippen MR) is 103 cm³/mol. The molecule has 0 aliphatic carbocycles. The van der Waals surface area contributed by atoms with Gasteiger partial charge in [0.2, 0.25) is 5.90 Å². The Labute approximate surface area is 163 Å². The van der Waals surface area contributed by atoms with Gasteiger partial charge in [0.1, 0.15) is 0 Å². The van der Waals surface area contributed by atoms with Gasteiger partial charge in [-0.1, -0.05) is 48.5 Å². The van der Waals surface area contributed by atoms with Crippen LogP contribution in [0.5, 0.6) is 0 Å². The molecule has 1 atom stereocenters. The highest BCUT2D eigenvalue weighted by Crippen LogP contribution is 2.33. The second-order valence-electron chi connectivity index (χ2n) is 6.48. The van der Waals surface area contributed by atoms with E-state index in [-0.39, 0.29) is 37.6 Å². The predicted octanol–water partition coefficient (Wildman–Crippen LogP) is 3.35. The molecule has 0 bridgehead atoms. The standard InChI is InChI=1S/C22H21NO5/c1-2-27-19(25)13-14-22(15-18(24)16-9-5-3-6-10-16)21(26)28-20(23-22)17-11-7-4-8-12-17/h3-12H,2,13-15H2,1H3. The van der Waals surface area contributed by atoms with Crippen LogP contribution in [0.1, 0.15) is 42.1 Å². The van der Waals surface area contributed by atoms with Gasteiger partial charge in [-0.05, 0) is 25.5 Å². The van der Waals surface area contributed by atoms with Crippen LogP contribution in [0.25, 0.3) is 0 Å². The number of carbonyl (C=O) groups is 3. The minimum atomic E-state index is -1.44. The van der Waals surface area contributed by atoms with Crippen LogP contribution in [-0.4, -0.2) is 35.8 Å². The maximum absolute atomic E-state index is 12.8. The van der Waals surface area contributed by atoms with Crippen molar-refractivity contribution in [1.29, 1.82) is 0 Å². The molecule has 0 fully saturated rings. The Morgan fingerprint density at radius 1 is 1.04 bits per heavy atom. The molecule has 1 aliphatic heterocycles. The first-order valence-corrected chi connectivity index (χ1v) is 9.15. The normalized spacial score (nSPS) is 18.3. The van der Waals surface area contributed by atoms with Crippen molar-refractivity contribution in [3.63, 3.8) is 0 Å². The molecular weight excluding hydrogens is 358 g/mol. The molecule has 3 rings (SSSR count). The van der Waals surface area contributed by atoms with Crippen molar-refractivity contribution in [2.75, 3.05) is 6.61 Å². The van der Waals surface area contributed by atoms with Gasteiger partial charge in [-0.25, -0.2) is 9.79 Å². The fourth-order valence-corrected chi connectivity index (χ4v) is 3.04. The summed E-state index contributed by atoms with van der Waals surface area (Å²) in [6.07, 6.45) is -0.165. The van der Waals surface area contributed by atoms with Gasteiger partial charge < -0.3 is 9.47 Å². The Morgan fingerprint density at radius 3 is 2.32 bits per heavy atom. The average Bonchev–Trinajstić information content (AvgIpc) is 3.04. The second kappa shape index (κ2) is 8.61. The molecule has 1 aliphatic rings. The highest BCUT2D eigenvalue weighted by molar-refractivity contribution is 6.10. The molecule has 0 N–H and O–H groups in total. The van der Waals surface area contributed by atoms with Gasteiger partial charge >= 0.3 is 11.9 Å². The van der Waals surface area contributed by atoms with Gasteiger partial charge in [-0.15, -0.1) is 0 Å². The van der Waals surface area contributed by atoms with Crippen molar-refractivity contribution in [1.82, 2.24) is 0 Å². The van der Waals surface area contributed by atoms with Crippen molar-refractivity contribution >= 4 is 23.6 Å². The summed E-state index contributed by atoms with van der Waals surface area (Å²) in [5, 5.41) is 0. The molecule has 1 unspecified atom stereocenters. The number of Topliss-reactive ketones (excluding diaryl/α,β-unsaturated/α-hetero) is 1. The molecule has 2 aromatic carbocycles. The van der Waals surface area contributed by atoms with Crippen LogP contribution in [0.4, 0.5) is 0 Å². The van der Waals surface area contributed by atoms with Crippen molar-refractivity contribution in [2.24, 2.45) is 4.99 Å². The molecule has 0 saturated heterocycles. The molecule has 0 saturated carbocycles. The maximum atomic E-state index is 12.8. The van der Waals surface area contributed by atoms with E-state index in [1.165, 1.54) is 0 Å². The highest BCUT2D eigenvalue weighted by Gasteiger charge is 2.48. The molecule has 1 heterocycles. The lowest BCUT2D eigenvalue weighted by Crippen LogP contribution is -2.37. The van der Waals surface area contributed by atoms with E-state index in [4.69, 9.17) is 9.47 Å². The van der Waals surface area contributed by atoms with E-state index in [0.29, 0.717) is 11.1 Å². The van der Waals surface area contributed by atoms with Gasteiger partial charge in [-0.2, -0.15) is 0 Å². The van der Waals surface area contributed by atoms with Crippen molar-refractivity contribution in [3.05, 3.63) is 71.8 Å². The van der Waals surface area contributed by atoms with E-state index in [9.17, 15) is 14.4 Å². The van der Waals surface area contributed by atoms with Crippen LogP contribution in [-0.2, 0) is 19.1 Å². The molecule has 28 heavy (non-hydrogen) atoms. The smallest absolute Gasteiger partial charge is 0.341 e. The number of nitrogens with zero attached hydrogens (tertiary/aromatic N) is 1. The van der Waals surface area contributed by atoms with E-state index in [0.717, 1.165) is 0 Å². The zero-order chi connectivity index (χ0) is 20.0. The Bertz CT molecular complexity index is 892. The van der Waals surface area contributed by atoms with E-state index < -0.39 is 17.5 Å². The van der Waals surface area contributed by atoms with Gasteiger partial charge in [0.25, 0.3) is 0 Å². The third kappa shape index (κ3) is 4.34. The Hall–Kier alpha value is -3.28. The summed E-state index contributed by atoms with van der Waals surface area (Å²) in [4.78, 5) is 41.9. The number of rotatable bonds is 8. The number of carbonyl (C=O) groups excluding carboxylic acids is 3. The third-order valence-corrected chi connectivity index (χ3v) is 4.50. The zero-order valence-corrected chi connectivity index (χ0v) is 15.6. The minimum absolute atomic E-state index is 0.0312. The van der Waals surface area contributed by atoms with Crippen LogP contribution in [0.2, 0.25) is 0 Å². The number of cyclic esters (lactones) is 1.